The number of fused-ring (bicyclic) bond motifs is 7. The van der Waals surface area contributed by atoms with Crippen molar-refractivity contribution in [2.24, 2.45) is 52.3 Å². The summed E-state index contributed by atoms with van der Waals surface area (Å²) in [5, 5.41) is 193. The van der Waals surface area contributed by atoms with Crippen LogP contribution in [0.3, 0.4) is 0 Å². The number of rotatable bonds is 19. The van der Waals surface area contributed by atoms with Crippen LogP contribution in [0.4, 0.5) is 0 Å². The second-order valence-electron chi connectivity index (χ2n) is 27.1. The van der Waals surface area contributed by atoms with Crippen LogP contribution in [0.5, 0.6) is 0 Å². The summed E-state index contributed by atoms with van der Waals surface area (Å²) in [5.74, 6) is 0.0161. The Morgan fingerprint density at radius 1 is 0.465 bits per heavy atom. The highest BCUT2D eigenvalue weighted by molar-refractivity contribution is 5.15. The van der Waals surface area contributed by atoms with Crippen molar-refractivity contribution in [3.63, 3.8) is 0 Å². The molecule has 10 aliphatic rings. The molecule has 6 saturated heterocycles. The zero-order valence-electron chi connectivity index (χ0n) is 49.0. The van der Waals surface area contributed by atoms with Gasteiger partial charge in [-0.1, -0.05) is 27.7 Å². The maximum atomic E-state index is 12.2. The molecular formula is C57H96O29. The molecule has 0 amide bonds. The van der Waals surface area contributed by atoms with Crippen molar-refractivity contribution >= 4 is 0 Å². The van der Waals surface area contributed by atoms with E-state index in [0.29, 0.717) is 43.4 Å². The van der Waals surface area contributed by atoms with Gasteiger partial charge in [-0.05, 0) is 104 Å². The normalized spacial score (nSPS) is 55.3. The van der Waals surface area contributed by atoms with E-state index in [1.54, 1.807) is 0 Å². The van der Waals surface area contributed by atoms with Gasteiger partial charge in [-0.2, -0.15) is 0 Å². The minimum Gasteiger partial charge on any atom is -0.394 e. The molecule has 0 bridgehead atoms. The molecule has 37 unspecified atom stereocenters. The average molecular weight is 1250 g/mol. The smallest absolute Gasteiger partial charge is 0.187 e. The summed E-state index contributed by atoms with van der Waals surface area (Å²) >= 11 is 0. The molecule has 4 aliphatic carbocycles. The van der Waals surface area contributed by atoms with Gasteiger partial charge in [0.25, 0.3) is 0 Å². The molecule has 29 heteroatoms. The molecule has 10 rings (SSSR count). The lowest BCUT2D eigenvalue weighted by molar-refractivity contribution is -0.406. The highest BCUT2D eigenvalue weighted by Gasteiger charge is 2.69. The molecule has 6 heterocycles. The highest BCUT2D eigenvalue weighted by atomic mass is 16.8. The Bertz CT molecular complexity index is 2190. The molecular weight excluding hydrogens is 1150 g/mol. The van der Waals surface area contributed by atoms with E-state index >= 15 is 0 Å². The van der Waals surface area contributed by atoms with Gasteiger partial charge >= 0.3 is 0 Å². The number of aliphatic hydroxyl groups is 18. The monoisotopic (exact) mass is 1240 g/mol. The van der Waals surface area contributed by atoms with Gasteiger partial charge in [-0.15, -0.1) is 0 Å². The molecule has 0 aromatic carbocycles. The first-order valence-corrected chi connectivity index (χ1v) is 30.9. The molecule has 18 N–H and O–H groups in total. The molecule has 29 nitrogen and oxygen atoms in total. The Hall–Kier alpha value is -1.16. The maximum Gasteiger partial charge on any atom is 0.187 e. The fraction of sp³-hybridized carbons (Fsp3) is 1.00. The Morgan fingerprint density at radius 3 is 1.52 bits per heavy atom. The summed E-state index contributed by atoms with van der Waals surface area (Å²) < 4.78 is 66.0. The molecule has 0 aromatic heterocycles. The van der Waals surface area contributed by atoms with Crippen LogP contribution in [0.15, 0.2) is 0 Å². The average Bonchev–Trinajstić information content (AvgIpc) is 1.54. The third kappa shape index (κ3) is 12.4. The number of ether oxygens (including phenoxy) is 11. The SMILES string of the molecule is CC(CCC1(O)OC2CC3C4CCC5CC(OC6OC(CO)C(OC7OC(CO)C(O)C(OC8OC(CO)C(O)C(O)C8O)C7OC7OC(CO)C(O)C(O)C7O)C(O)C6O)CCC5(C)C4CCC3(C)C2C1C)COC1OC(CO)C(O)C(O)C1O. The highest BCUT2D eigenvalue weighted by Crippen LogP contribution is 2.71. The van der Waals surface area contributed by atoms with Crippen molar-refractivity contribution < 1.29 is 144 Å². The first-order valence-electron chi connectivity index (χ1n) is 30.9. The largest absolute Gasteiger partial charge is 0.394 e. The fourth-order valence-corrected chi connectivity index (χ4v) is 17.1. The number of hydrogen-bond acceptors (Lipinski definition) is 29. The molecule has 0 radical (unpaired) electrons. The minimum atomic E-state index is -2.06. The predicted octanol–water partition coefficient (Wildman–Crippen LogP) is -6.13. The second kappa shape index (κ2) is 27.1. The van der Waals surface area contributed by atoms with Gasteiger partial charge in [0, 0.05) is 12.3 Å². The zero-order chi connectivity index (χ0) is 62.2. The Morgan fingerprint density at radius 2 is 0.942 bits per heavy atom. The van der Waals surface area contributed by atoms with Crippen LogP contribution in [0.25, 0.3) is 0 Å². The van der Waals surface area contributed by atoms with Gasteiger partial charge < -0.3 is 144 Å². The van der Waals surface area contributed by atoms with Crippen molar-refractivity contribution in [1.82, 2.24) is 0 Å². The summed E-state index contributed by atoms with van der Waals surface area (Å²) in [6.07, 6.45) is -36.2. The Balaban J connectivity index is 0.766. The van der Waals surface area contributed by atoms with E-state index < -0.39 is 198 Å². The predicted molar refractivity (Wildman–Crippen MR) is 284 cm³/mol. The van der Waals surface area contributed by atoms with Crippen molar-refractivity contribution in [2.75, 3.05) is 39.6 Å². The summed E-state index contributed by atoms with van der Waals surface area (Å²) in [4.78, 5) is 0. The molecule has 4 saturated carbocycles. The van der Waals surface area contributed by atoms with Crippen molar-refractivity contribution in [3.8, 4) is 0 Å². The van der Waals surface area contributed by atoms with Crippen LogP contribution in [0, 0.1) is 52.3 Å². The fourth-order valence-electron chi connectivity index (χ4n) is 17.1. The third-order valence-corrected chi connectivity index (χ3v) is 22.2. The van der Waals surface area contributed by atoms with Gasteiger partial charge in [0.2, 0.25) is 0 Å². The van der Waals surface area contributed by atoms with E-state index in [-0.39, 0.29) is 47.2 Å². The summed E-state index contributed by atoms with van der Waals surface area (Å²) in [6, 6.07) is 0. The zero-order valence-corrected chi connectivity index (χ0v) is 49.0. The van der Waals surface area contributed by atoms with Gasteiger partial charge in [0.15, 0.2) is 37.2 Å². The van der Waals surface area contributed by atoms with E-state index in [1.807, 2.05) is 6.92 Å². The van der Waals surface area contributed by atoms with Crippen LogP contribution in [0.2, 0.25) is 0 Å². The molecule has 37 atom stereocenters. The number of aliphatic hydroxyl groups excluding tert-OH is 17. The van der Waals surface area contributed by atoms with Crippen LogP contribution in [0.1, 0.15) is 91.9 Å². The lowest BCUT2D eigenvalue weighted by Crippen LogP contribution is -2.68. The van der Waals surface area contributed by atoms with Crippen molar-refractivity contribution in [3.05, 3.63) is 0 Å². The lowest BCUT2D eigenvalue weighted by Gasteiger charge is -2.61. The van der Waals surface area contributed by atoms with Crippen LogP contribution in [-0.4, -0.2) is 303 Å². The van der Waals surface area contributed by atoms with E-state index in [1.165, 1.54) is 0 Å². The van der Waals surface area contributed by atoms with Gasteiger partial charge in [-0.25, -0.2) is 0 Å². The van der Waals surface area contributed by atoms with Crippen LogP contribution < -0.4 is 0 Å². The van der Waals surface area contributed by atoms with Crippen molar-refractivity contribution in [2.45, 2.75) is 263 Å². The summed E-state index contributed by atoms with van der Waals surface area (Å²) in [5.41, 5.74) is -0.108. The van der Waals surface area contributed by atoms with Gasteiger partial charge in [0.05, 0.1) is 51.8 Å². The number of hydrogen-bond donors (Lipinski definition) is 18. The summed E-state index contributed by atoms with van der Waals surface area (Å²) in [6.45, 7) is 4.85. The van der Waals surface area contributed by atoms with Crippen molar-refractivity contribution in [1.29, 1.82) is 0 Å². The topological polar surface area (TPSA) is 466 Å². The van der Waals surface area contributed by atoms with E-state index in [9.17, 15) is 91.9 Å². The molecule has 10 fully saturated rings. The first-order chi connectivity index (χ1) is 40.8. The van der Waals surface area contributed by atoms with Gasteiger partial charge in [-0.3, -0.25) is 0 Å². The first kappa shape index (κ1) is 67.7. The Labute approximate surface area is 498 Å². The molecule has 0 aromatic rings. The molecule has 86 heavy (non-hydrogen) atoms. The lowest BCUT2D eigenvalue weighted by atomic mass is 9.44. The third-order valence-electron chi connectivity index (χ3n) is 22.2. The quantitative estimate of drug-likeness (QED) is 0.0535. The van der Waals surface area contributed by atoms with Gasteiger partial charge in [0.1, 0.15) is 122 Å². The second-order valence-corrected chi connectivity index (χ2v) is 27.1. The van der Waals surface area contributed by atoms with Crippen LogP contribution >= 0.6 is 0 Å². The van der Waals surface area contributed by atoms with Crippen LogP contribution in [-0.2, 0) is 52.1 Å². The standard InChI is InChI=1S/C57H96O29/c1-21(20-76-50-43(71)39(67)35(63)29(15-58)78-50)7-12-57(75)22(2)34-28(86-57)14-27-25-6-5-23-13-24(8-10-55(23,3)26(25)9-11-56(27,34)4)77-51-46(74)42(70)47(33(19-62)82-51)83-54-49(85-53-45(73)41(69)37(65)31(17-60)80-53)48(38(66)32(18-61)81-54)84-52-44(72)40(68)36(64)30(16-59)79-52/h21-54,58-75H,5-20H2,1-4H3. The molecule has 498 valence electrons. The van der Waals surface area contributed by atoms with E-state index in [0.717, 1.165) is 38.5 Å². The minimum absolute atomic E-state index is 0.0421. The van der Waals surface area contributed by atoms with E-state index in [2.05, 4.69) is 20.8 Å². The molecule has 0 spiro atoms. The Kier molecular flexibility index (Phi) is 21.3. The van der Waals surface area contributed by atoms with E-state index in [4.69, 9.17) is 52.1 Å². The maximum absolute atomic E-state index is 12.2. The molecule has 6 aliphatic heterocycles. The summed E-state index contributed by atoms with van der Waals surface area (Å²) in [7, 11) is 0.